The summed E-state index contributed by atoms with van der Waals surface area (Å²) in [5.41, 5.74) is 0.141. The summed E-state index contributed by atoms with van der Waals surface area (Å²) in [6, 6.07) is 4.86. The van der Waals surface area contributed by atoms with E-state index in [2.05, 4.69) is 36.1 Å². The van der Waals surface area contributed by atoms with E-state index in [1.165, 1.54) is 18.5 Å². The number of hydrogen-bond donors (Lipinski definition) is 1. The highest BCUT2D eigenvalue weighted by Gasteiger charge is 2.33. The molecule has 1 unspecified atom stereocenters. The average molecular weight is 410 g/mol. The van der Waals surface area contributed by atoms with Crippen LogP contribution < -0.4 is 10.2 Å². The predicted octanol–water partition coefficient (Wildman–Crippen LogP) is 5.82. The summed E-state index contributed by atoms with van der Waals surface area (Å²) in [7, 11) is 0. The molecule has 1 N–H and O–H groups in total. The summed E-state index contributed by atoms with van der Waals surface area (Å²) < 4.78 is 53.6. The zero-order chi connectivity index (χ0) is 21.2. The molecule has 3 rings (SSSR count). The van der Waals surface area contributed by atoms with E-state index in [4.69, 9.17) is 0 Å². The molecule has 0 saturated carbocycles. The molecule has 1 saturated heterocycles. The van der Waals surface area contributed by atoms with Crippen molar-refractivity contribution < 1.29 is 17.6 Å². The molecule has 0 aliphatic carbocycles. The maximum Gasteiger partial charge on any atom is 0.416 e. The van der Waals surface area contributed by atoms with Crippen molar-refractivity contribution in [3.63, 3.8) is 0 Å². The number of rotatable bonds is 5. The monoisotopic (exact) mass is 410 g/mol. The molecule has 4 nitrogen and oxygen atoms in total. The summed E-state index contributed by atoms with van der Waals surface area (Å²) in [6.45, 7) is 7.49. The molecule has 1 aliphatic rings. The van der Waals surface area contributed by atoms with Crippen molar-refractivity contribution in [2.24, 2.45) is 5.41 Å². The van der Waals surface area contributed by atoms with Crippen LogP contribution in [0.1, 0.15) is 57.2 Å². The fraction of sp³-hybridized carbons (Fsp3) is 0.524. The molecule has 1 aromatic heterocycles. The van der Waals surface area contributed by atoms with Gasteiger partial charge in [-0.2, -0.15) is 17.6 Å². The molecule has 29 heavy (non-hydrogen) atoms. The lowest BCUT2D eigenvalue weighted by molar-refractivity contribution is -0.137. The summed E-state index contributed by atoms with van der Waals surface area (Å²) >= 11 is 0. The summed E-state index contributed by atoms with van der Waals surface area (Å²) in [5.74, 6) is -0.196. The second-order valence-electron chi connectivity index (χ2n) is 8.57. The lowest BCUT2D eigenvalue weighted by Crippen LogP contribution is -2.25. The van der Waals surface area contributed by atoms with Crippen LogP contribution in [0.15, 0.2) is 30.6 Å². The Hall–Kier alpha value is -2.38. The third-order valence-corrected chi connectivity index (χ3v) is 5.09. The van der Waals surface area contributed by atoms with Crippen LogP contribution in [0.5, 0.6) is 0 Å². The fourth-order valence-corrected chi connectivity index (χ4v) is 3.50. The molecular formula is C21H26F4N4. The Bertz CT molecular complexity index is 828. The fourth-order valence-electron chi connectivity index (χ4n) is 3.50. The number of aromatic nitrogens is 2. The number of benzene rings is 1. The normalized spacial score (nSPS) is 17.6. The molecule has 1 fully saturated rings. The minimum Gasteiger partial charge on any atom is -0.367 e. The standard InChI is InChI=1S/C21H26F4N4/c1-20(2,3)10-11-26-18-17(22)19(28-13-27-18)29-12-4-5-16(29)14-6-8-15(9-7-14)21(23,24)25/h6-9,13,16H,4-5,10-12H2,1-3H3,(H,26,27,28). The van der Waals surface area contributed by atoms with Crippen LogP contribution in [0.4, 0.5) is 29.2 Å². The van der Waals surface area contributed by atoms with Crippen molar-refractivity contribution in [3.05, 3.63) is 47.5 Å². The van der Waals surface area contributed by atoms with E-state index in [9.17, 15) is 13.2 Å². The van der Waals surface area contributed by atoms with Gasteiger partial charge in [-0.3, -0.25) is 0 Å². The van der Waals surface area contributed by atoms with Crippen LogP contribution in [0.2, 0.25) is 0 Å². The second kappa shape index (κ2) is 8.16. The number of halogens is 4. The molecule has 2 heterocycles. The quantitative estimate of drug-likeness (QED) is 0.630. The van der Waals surface area contributed by atoms with E-state index in [-0.39, 0.29) is 23.1 Å². The van der Waals surface area contributed by atoms with Gasteiger partial charge in [-0.05, 0) is 42.4 Å². The highest BCUT2D eigenvalue weighted by atomic mass is 19.4. The van der Waals surface area contributed by atoms with Gasteiger partial charge < -0.3 is 10.2 Å². The lowest BCUT2D eigenvalue weighted by atomic mass is 9.92. The van der Waals surface area contributed by atoms with Crippen LogP contribution in [-0.2, 0) is 6.18 Å². The third-order valence-electron chi connectivity index (χ3n) is 5.09. The van der Waals surface area contributed by atoms with E-state index in [0.29, 0.717) is 13.1 Å². The molecule has 0 bridgehead atoms. The van der Waals surface area contributed by atoms with Crippen LogP contribution >= 0.6 is 0 Å². The van der Waals surface area contributed by atoms with Crippen molar-refractivity contribution in [2.45, 2.75) is 52.3 Å². The van der Waals surface area contributed by atoms with Gasteiger partial charge in [0.05, 0.1) is 11.6 Å². The minimum absolute atomic E-state index is 0.113. The largest absolute Gasteiger partial charge is 0.416 e. The Kier molecular flexibility index (Phi) is 6.00. The van der Waals surface area contributed by atoms with E-state index >= 15 is 4.39 Å². The van der Waals surface area contributed by atoms with Gasteiger partial charge in [0, 0.05) is 13.1 Å². The molecule has 0 radical (unpaired) electrons. The van der Waals surface area contributed by atoms with Gasteiger partial charge in [0.1, 0.15) is 6.33 Å². The van der Waals surface area contributed by atoms with Crippen LogP contribution in [0, 0.1) is 11.2 Å². The first-order valence-corrected chi connectivity index (χ1v) is 9.74. The Morgan fingerprint density at radius 3 is 2.41 bits per heavy atom. The van der Waals surface area contributed by atoms with Gasteiger partial charge >= 0.3 is 6.18 Å². The van der Waals surface area contributed by atoms with Gasteiger partial charge in [-0.15, -0.1) is 0 Å². The van der Waals surface area contributed by atoms with E-state index in [1.54, 1.807) is 0 Å². The first-order chi connectivity index (χ1) is 13.6. The summed E-state index contributed by atoms with van der Waals surface area (Å²) in [6.07, 6.45) is -0.673. The van der Waals surface area contributed by atoms with Gasteiger partial charge in [-0.1, -0.05) is 32.9 Å². The van der Waals surface area contributed by atoms with Gasteiger partial charge in [0.15, 0.2) is 11.6 Å². The molecule has 1 aliphatic heterocycles. The SMILES string of the molecule is CC(C)(C)CCNc1ncnc(N2CCCC2c2ccc(C(F)(F)F)cc2)c1F. The Morgan fingerprint density at radius 1 is 1.10 bits per heavy atom. The highest BCUT2D eigenvalue weighted by molar-refractivity contribution is 5.53. The lowest BCUT2D eigenvalue weighted by Gasteiger charge is -2.27. The second-order valence-corrected chi connectivity index (χ2v) is 8.57. The molecule has 1 aromatic carbocycles. The third kappa shape index (κ3) is 5.16. The Morgan fingerprint density at radius 2 is 1.79 bits per heavy atom. The molecule has 1 atom stereocenters. The van der Waals surface area contributed by atoms with Crippen LogP contribution in [-0.4, -0.2) is 23.1 Å². The van der Waals surface area contributed by atoms with Gasteiger partial charge in [-0.25, -0.2) is 9.97 Å². The first kappa shape index (κ1) is 21.3. The number of nitrogens with one attached hydrogen (secondary N) is 1. The number of anilines is 2. The maximum absolute atomic E-state index is 15.1. The summed E-state index contributed by atoms with van der Waals surface area (Å²) in [4.78, 5) is 9.96. The van der Waals surface area contributed by atoms with Crippen molar-refractivity contribution in [1.82, 2.24) is 9.97 Å². The van der Waals surface area contributed by atoms with Gasteiger partial charge in [0.25, 0.3) is 0 Å². The van der Waals surface area contributed by atoms with E-state index < -0.39 is 17.6 Å². The molecule has 2 aromatic rings. The van der Waals surface area contributed by atoms with Crippen molar-refractivity contribution in [1.29, 1.82) is 0 Å². The first-order valence-electron chi connectivity index (χ1n) is 9.74. The Balaban J connectivity index is 1.80. The van der Waals surface area contributed by atoms with Crippen molar-refractivity contribution in [3.8, 4) is 0 Å². The van der Waals surface area contributed by atoms with Gasteiger partial charge in [0.2, 0.25) is 5.82 Å². The number of hydrogen-bond acceptors (Lipinski definition) is 4. The smallest absolute Gasteiger partial charge is 0.367 e. The van der Waals surface area contributed by atoms with Crippen LogP contribution in [0.25, 0.3) is 0 Å². The van der Waals surface area contributed by atoms with Crippen LogP contribution in [0.3, 0.4) is 0 Å². The van der Waals surface area contributed by atoms with E-state index in [1.807, 2.05) is 4.90 Å². The van der Waals surface area contributed by atoms with Crippen molar-refractivity contribution >= 4 is 11.6 Å². The topological polar surface area (TPSA) is 41.1 Å². The molecule has 0 spiro atoms. The molecule has 8 heteroatoms. The zero-order valence-corrected chi connectivity index (χ0v) is 16.9. The number of nitrogens with zero attached hydrogens (tertiary/aromatic N) is 3. The highest BCUT2D eigenvalue weighted by Crippen LogP contribution is 2.38. The average Bonchev–Trinajstić information content (AvgIpc) is 3.11. The number of alkyl halides is 3. The Labute approximate surface area is 168 Å². The van der Waals surface area contributed by atoms with E-state index in [0.717, 1.165) is 37.0 Å². The minimum atomic E-state index is -4.37. The molecule has 0 amide bonds. The van der Waals surface area contributed by atoms with Crippen molar-refractivity contribution in [2.75, 3.05) is 23.3 Å². The zero-order valence-electron chi connectivity index (χ0n) is 16.9. The maximum atomic E-state index is 15.1. The molecule has 158 valence electrons. The molecular weight excluding hydrogens is 384 g/mol. The summed E-state index contributed by atoms with van der Waals surface area (Å²) in [5, 5.41) is 3.03. The predicted molar refractivity (Wildman–Crippen MR) is 105 cm³/mol.